The number of piperazine rings is 1. The first kappa shape index (κ1) is 20.1. The van der Waals surface area contributed by atoms with E-state index in [9.17, 15) is 4.79 Å². The van der Waals surface area contributed by atoms with E-state index in [0.717, 1.165) is 24.2 Å². The topological polar surface area (TPSA) is 53.6 Å². The molecule has 1 saturated heterocycles. The van der Waals surface area contributed by atoms with E-state index in [0.29, 0.717) is 30.5 Å². The molecular formula is C22H24ClN3O2. The lowest BCUT2D eigenvalue weighted by molar-refractivity contribution is 0.189. The van der Waals surface area contributed by atoms with Gasteiger partial charge in [0, 0.05) is 31.7 Å². The fraction of sp³-hybridized carbons (Fsp3) is 0.318. The van der Waals surface area contributed by atoms with E-state index in [1.165, 1.54) is 0 Å². The summed E-state index contributed by atoms with van der Waals surface area (Å²) in [5.74, 6) is 6.73. The Morgan fingerprint density at radius 1 is 1.25 bits per heavy atom. The molecule has 5 nitrogen and oxygen atoms in total. The smallest absolute Gasteiger partial charge is 0.318 e. The molecule has 2 N–H and O–H groups in total. The highest BCUT2D eigenvalue weighted by Gasteiger charge is 2.16. The molecule has 1 aliphatic rings. The molecule has 1 heterocycles. The summed E-state index contributed by atoms with van der Waals surface area (Å²) in [5.41, 5.74) is 1.86. The van der Waals surface area contributed by atoms with Gasteiger partial charge in [0.2, 0.25) is 0 Å². The van der Waals surface area contributed by atoms with Gasteiger partial charge in [-0.1, -0.05) is 53.8 Å². The Morgan fingerprint density at radius 3 is 2.71 bits per heavy atom. The predicted molar refractivity (Wildman–Crippen MR) is 112 cm³/mol. The first-order valence-corrected chi connectivity index (χ1v) is 9.73. The fourth-order valence-electron chi connectivity index (χ4n) is 2.80. The highest BCUT2D eigenvalue weighted by Crippen LogP contribution is 2.26. The van der Waals surface area contributed by atoms with Crippen LogP contribution < -0.4 is 15.4 Å². The lowest BCUT2D eigenvalue weighted by Crippen LogP contribution is -2.51. The van der Waals surface area contributed by atoms with Gasteiger partial charge in [0.1, 0.15) is 12.4 Å². The van der Waals surface area contributed by atoms with Crippen LogP contribution in [0.2, 0.25) is 5.02 Å². The maximum absolute atomic E-state index is 12.2. The van der Waals surface area contributed by atoms with Gasteiger partial charge in [-0.15, -0.1) is 0 Å². The van der Waals surface area contributed by atoms with Crippen LogP contribution >= 0.6 is 11.6 Å². The second-order valence-electron chi connectivity index (χ2n) is 6.60. The summed E-state index contributed by atoms with van der Waals surface area (Å²) in [4.78, 5) is 14.0. The molecule has 0 spiro atoms. The number of urea groups is 1. The molecule has 2 aromatic carbocycles. The first-order valence-electron chi connectivity index (χ1n) is 9.36. The van der Waals surface area contributed by atoms with Crippen molar-refractivity contribution in [1.29, 1.82) is 0 Å². The Kier molecular flexibility index (Phi) is 7.18. The molecule has 3 rings (SSSR count). The molecule has 1 unspecified atom stereocenters. The van der Waals surface area contributed by atoms with Gasteiger partial charge in [0.25, 0.3) is 0 Å². The summed E-state index contributed by atoms with van der Waals surface area (Å²) >= 11 is 6.32. The van der Waals surface area contributed by atoms with Gasteiger partial charge in [-0.2, -0.15) is 0 Å². The number of carbonyl (C=O) groups is 1. The standard InChI is InChI=1S/C22H24ClN3O2/c1-17(25-22(27)26-13-11-24-12-14-26)7-8-18-9-10-21(20(23)15-18)28-16-19-5-3-2-4-6-19/h2-6,9-10,15,17,24H,11-14,16H2,1H3,(H,25,27). The lowest BCUT2D eigenvalue weighted by atomic mass is 10.2. The van der Waals surface area contributed by atoms with Crippen molar-refractivity contribution < 1.29 is 9.53 Å². The number of ether oxygens (including phenoxy) is 1. The minimum atomic E-state index is -0.254. The van der Waals surface area contributed by atoms with Crippen molar-refractivity contribution in [2.24, 2.45) is 0 Å². The largest absolute Gasteiger partial charge is 0.487 e. The van der Waals surface area contributed by atoms with Crippen molar-refractivity contribution >= 4 is 17.6 Å². The Labute approximate surface area is 171 Å². The molecule has 2 aromatic rings. The van der Waals surface area contributed by atoms with Gasteiger partial charge in [-0.3, -0.25) is 0 Å². The normalized spacial score (nSPS) is 14.6. The molecular weight excluding hydrogens is 374 g/mol. The van der Waals surface area contributed by atoms with Gasteiger partial charge in [-0.25, -0.2) is 4.79 Å². The number of nitrogens with one attached hydrogen (secondary N) is 2. The minimum Gasteiger partial charge on any atom is -0.487 e. The van der Waals surface area contributed by atoms with Gasteiger partial charge in [0.15, 0.2) is 0 Å². The predicted octanol–water partition coefficient (Wildman–Crippen LogP) is 3.27. The molecule has 2 amide bonds. The van der Waals surface area contributed by atoms with Crippen molar-refractivity contribution in [2.75, 3.05) is 26.2 Å². The summed E-state index contributed by atoms with van der Waals surface area (Å²) in [6.07, 6.45) is 0. The van der Waals surface area contributed by atoms with Crippen LogP contribution in [0.1, 0.15) is 18.1 Å². The molecule has 6 heteroatoms. The molecule has 0 radical (unpaired) electrons. The minimum absolute atomic E-state index is 0.0778. The Hall–Kier alpha value is -2.68. The van der Waals surface area contributed by atoms with E-state index in [4.69, 9.17) is 16.3 Å². The average Bonchev–Trinajstić information content (AvgIpc) is 2.73. The average molecular weight is 398 g/mol. The lowest BCUT2D eigenvalue weighted by Gasteiger charge is -2.28. The Bertz CT molecular complexity index is 855. The van der Waals surface area contributed by atoms with E-state index >= 15 is 0 Å². The van der Waals surface area contributed by atoms with E-state index in [1.807, 2.05) is 49.4 Å². The zero-order valence-electron chi connectivity index (χ0n) is 15.9. The van der Waals surface area contributed by atoms with Crippen LogP contribution in [0.3, 0.4) is 0 Å². The summed E-state index contributed by atoms with van der Waals surface area (Å²) < 4.78 is 5.78. The number of amides is 2. The zero-order valence-corrected chi connectivity index (χ0v) is 16.6. The number of benzene rings is 2. The number of hydrogen-bond acceptors (Lipinski definition) is 3. The quantitative estimate of drug-likeness (QED) is 0.778. The highest BCUT2D eigenvalue weighted by molar-refractivity contribution is 6.32. The number of nitrogens with zero attached hydrogens (tertiary/aromatic N) is 1. The van der Waals surface area contributed by atoms with E-state index in [1.54, 1.807) is 11.0 Å². The number of hydrogen-bond donors (Lipinski definition) is 2. The van der Waals surface area contributed by atoms with E-state index < -0.39 is 0 Å². The number of halogens is 1. The zero-order chi connectivity index (χ0) is 19.8. The molecule has 0 aromatic heterocycles. The maximum atomic E-state index is 12.2. The van der Waals surface area contributed by atoms with Gasteiger partial charge >= 0.3 is 6.03 Å². The summed E-state index contributed by atoms with van der Waals surface area (Å²) in [6, 6.07) is 15.1. The maximum Gasteiger partial charge on any atom is 0.318 e. The van der Waals surface area contributed by atoms with Gasteiger partial charge in [-0.05, 0) is 30.7 Å². The second-order valence-corrected chi connectivity index (χ2v) is 7.00. The van der Waals surface area contributed by atoms with Crippen LogP contribution in [-0.2, 0) is 6.61 Å². The van der Waals surface area contributed by atoms with Gasteiger partial charge in [0.05, 0.1) is 11.1 Å². The summed E-state index contributed by atoms with van der Waals surface area (Å²) in [6.45, 7) is 5.40. The van der Waals surface area contributed by atoms with Gasteiger partial charge < -0.3 is 20.3 Å². The molecule has 1 atom stereocenters. The van der Waals surface area contributed by atoms with Crippen molar-refractivity contribution in [3.63, 3.8) is 0 Å². The molecule has 1 fully saturated rings. The molecule has 1 aliphatic heterocycles. The van der Waals surface area contributed by atoms with E-state index in [-0.39, 0.29) is 12.1 Å². The van der Waals surface area contributed by atoms with Crippen LogP contribution in [-0.4, -0.2) is 43.2 Å². The monoisotopic (exact) mass is 397 g/mol. The van der Waals surface area contributed by atoms with Crippen molar-refractivity contribution in [1.82, 2.24) is 15.5 Å². The summed E-state index contributed by atoms with van der Waals surface area (Å²) in [5, 5.41) is 6.65. The van der Waals surface area contributed by atoms with Crippen molar-refractivity contribution in [3.8, 4) is 17.6 Å². The molecule has 0 bridgehead atoms. The van der Waals surface area contributed by atoms with Crippen LogP contribution in [0.5, 0.6) is 5.75 Å². The Balaban J connectivity index is 1.54. The van der Waals surface area contributed by atoms with Crippen LogP contribution in [0, 0.1) is 11.8 Å². The third kappa shape index (κ3) is 5.91. The van der Waals surface area contributed by atoms with E-state index in [2.05, 4.69) is 22.5 Å². The van der Waals surface area contributed by atoms with Crippen molar-refractivity contribution in [2.45, 2.75) is 19.6 Å². The summed E-state index contributed by atoms with van der Waals surface area (Å²) in [7, 11) is 0. The fourth-order valence-corrected chi connectivity index (χ4v) is 3.04. The first-order chi connectivity index (χ1) is 13.6. The molecule has 0 saturated carbocycles. The SMILES string of the molecule is CC(C#Cc1ccc(OCc2ccccc2)c(Cl)c1)NC(=O)N1CCNCC1. The molecule has 28 heavy (non-hydrogen) atoms. The second kappa shape index (κ2) is 10.0. The highest BCUT2D eigenvalue weighted by atomic mass is 35.5. The van der Waals surface area contributed by atoms with Crippen LogP contribution in [0.25, 0.3) is 0 Å². The van der Waals surface area contributed by atoms with Crippen molar-refractivity contribution in [3.05, 3.63) is 64.7 Å². The van der Waals surface area contributed by atoms with Crippen LogP contribution in [0.4, 0.5) is 4.79 Å². The molecule has 146 valence electrons. The Morgan fingerprint density at radius 2 is 2.00 bits per heavy atom. The number of rotatable bonds is 4. The number of carbonyl (C=O) groups excluding carboxylic acids is 1. The third-order valence-electron chi connectivity index (χ3n) is 4.35. The third-order valence-corrected chi connectivity index (χ3v) is 4.64. The van der Waals surface area contributed by atoms with Crippen LogP contribution in [0.15, 0.2) is 48.5 Å². The molecule has 0 aliphatic carbocycles.